The van der Waals surface area contributed by atoms with Gasteiger partial charge in [-0.3, -0.25) is 9.59 Å². The Kier molecular flexibility index (Phi) is 6.61. The molecule has 0 saturated heterocycles. The second-order valence-electron chi connectivity index (χ2n) is 7.05. The number of nitrogens with zero attached hydrogens (tertiary/aromatic N) is 1. The average Bonchev–Trinajstić information content (AvgIpc) is 3.08. The molecular weight excluding hydrogens is 422 g/mol. The first-order chi connectivity index (χ1) is 15.6. The third-order valence-corrected chi connectivity index (χ3v) is 6.20. The van der Waals surface area contributed by atoms with Gasteiger partial charge < -0.3 is 9.47 Å². The van der Waals surface area contributed by atoms with Crippen LogP contribution in [0.15, 0.2) is 83.8 Å². The van der Waals surface area contributed by atoms with E-state index in [1.165, 1.54) is 16.7 Å². The molecule has 1 aliphatic rings. The number of amides is 2. The van der Waals surface area contributed by atoms with Gasteiger partial charge in [0.2, 0.25) is 0 Å². The number of methoxy groups -OCH3 is 1. The highest BCUT2D eigenvalue weighted by molar-refractivity contribution is 8.03. The first kappa shape index (κ1) is 21.7. The molecular formula is C26H23NO4S. The first-order valence-corrected chi connectivity index (χ1v) is 11.3. The summed E-state index contributed by atoms with van der Waals surface area (Å²) in [4.78, 5) is 28.8. The number of benzene rings is 3. The van der Waals surface area contributed by atoms with Crippen LogP contribution in [-0.2, 0) is 15.3 Å². The third-order valence-electron chi connectivity index (χ3n) is 5.05. The van der Waals surface area contributed by atoms with E-state index in [1.807, 2.05) is 43.3 Å². The number of hydrogen-bond donors (Lipinski definition) is 0. The molecule has 2 amide bonds. The van der Waals surface area contributed by atoms with Gasteiger partial charge in [0.25, 0.3) is 11.8 Å². The summed E-state index contributed by atoms with van der Waals surface area (Å²) in [5, 5.41) is 0. The fourth-order valence-electron chi connectivity index (χ4n) is 3.52. The number of para-hydroxylation sites is 2. The van der Waals surface area contributed by atoms with E-state index in [-0.39, 0.29) is 11.8 Å². The molecule has 1 aliphatic heterocycles. The Morgan fingerprint density at radius 3 is 2.22 bits per heavy atom. The zero-order valence-electron chi connectivity index (χ0n) is 17.9. The van der Waals surface area contributed by atoms with Crippen LogP contribution in [0.25, 0.3) is 5.57 Å². The molecule has 0 N–H and O–H groups in total. The van der Waals surface area contributed by atoms with Gasteiger partial charge in [-0.15, -0.1) is 11.8 Å². The van der Waals surface area contributed by atoms with E-state index < -0.39 is 0 Å². The van der Waals surface area contributed by atoms with E-state index in [0.717, 1.165) is 5.56 Å². The van der Waals surface area contributed by atoms with E-state index in [4.69, 9.17) is 9.47 Å². The van der Waals surface area contributed by atoms with E-state index in [0.29, 0.717) is 45.6 Å². The van der Waals surface area contributed by atoms with Crippen LogP contribution >= 0.6 is 11.8 Å². The molecule has 3 aromatic rings. The van der Waals surface area contributed by atoms with Crippen molar-refractivity contribution in [3.8, 4) is 11.5 Å². The molecule has 0 fully saturated rings. The Labute approximate surface area is 191 Å². The maximum Gasteiger partial charge on any atom is 0.272 e. The maximum absolute atomic E-state index is 13.6. The molecule has 1 heterocycles. The van der Waals surface area contributed by atoms with Gasteiger partial charge in [-0.25, -0.2) is 4.90 Å². The topological polar surface area (TPSA) is 55.8 Å². The van der Waals surface area contributed by atoms with Crippen LogP contribution in [0.5, 0.6) is 11.5 Å². The number of thioether (sulfide) groups is 1. The van der Waals surface area contributed by atoms with Crippen LogP contribution in [-0.4, -0.2) is 25.5 Å². The van der Waals surface area contributed by atoms with Gasteiger partial charge in [0.05, 0.1) is 29.9 Å². The highest BCUT2D eigenvalue weighted by Crippen LogP contribution is 2.42. The van der Waals surface area contributed by atoms with Crippen molar-refractivity contribution < 1.29 is 19.1 Å². The number of carbonyl (C=O) groups is 2. The number of rotatable bonds is 8. The van der Waals surface area contributed by atoms with Crippen LogP contribution in [0.3, 0.4) is 0 Å². The second kappa shape index (κ2) is 9.75. The Bertz CT molecular complexity index is 1160. The Balaban J connectivity index is 1.75. The molecule has 0 aromatic heterocycles. The van der Waals surface area contributed by atoms with Crippen molar-refractivity contribution in [2.24, 2.45) is 0 Å². The summed E-state index contributed by atoms with van der Waals surface area (Å²) < 4.78 is 10.9. The predicted molar refractivity (Wildman–Crippen MR) is 128 cm³/mol. The summed E-state index contributed by atoms with van der Waals surface area (Å²) in [5.74, 6) is 1.07. The third kappa shape index (κ3) is 4.27. The molecule has 0 atom stereocenters. The zero-order chi connectivity index (χ0) is 22.5. The molecule has 162 valence electrons. The fourth-order valence-corrected chi connectivity index (χ4v) is 4.59. The lowest BCUT2D eigenvalue weighted by Crippen LogP contribution is -2.31. The normalized spacial score (nSPS) is 13.6. The van der Waals surface area contributed by atoms with Crippen molar-refractivity contribution >= 4 is 34.8 Å². The second-order valence-corrected chi connectivity index (χ2v) is 8.04. The lowest BCUT2D eigenvalue weighted by atomic mass is 10.1. The molecule has 32 heavy (non-hydrogen) atoms. The summed E-state index contributed by atoms with van der Waals surface area (Å²) in [5.41, 5.74) is 2.60. The van der Waals surface area contributed by atoms with Gasteiger partial charge in [-0.2, -0.15) is 0 Å². The summed E-state index contributed by atoms with van der Waals surface area (Å²) in [6.07, 6.45) is 0. The van der Waals surface area contributed by atoms with Gasteiger partial charge in [0, 0.05) is 5.75 Å². The highest BCUT2D eigenvalue weighted by Gasteiger charge is 2.41. The quantitative estimate of drug-likeness (QED) is 0.440. The molecule has 0 unspecified atom stereocenters. The molecule has 0 spiro atoms. The highest BCUT2D eigenvalue weighted by atomic mass is 32.2. The molecule has 0 radical (unpaired) electrons. The summed E-state index contributed by atoms with van der Waals surface area (Å²) in [6, 6.07) is 24.2. The SMILES string of the molecule is CCOc1ccccc1N1C(=O)C(SCc2ccccc2)=C(c2ccc(OC)cc2)C1=O. The first-order valence-electron chi connectivity index (χ1n) is 10.3. The maximum atomic E-state index is 13.6. The average molecular weight is 446 g/mol. The Morgan fingerprint density at radius 2 is 1.53 bits per heavy atom. The molecule has 3 aromatic carbocycles. The van der Waals surface area contributed by atoms with Crippen molar-refractivity contribution in [3.05, 3.63) is 94.9 Å². The standard InChI is InChI=1S/C26H23NO4S/c1-3-31-22-12-8-7-11-21(22)27-25(28)23(19-13-15-20(30-2)16-14-19)24(26(27)29)32-17-18-9-5-4-6-10-18/h4-16H,3,17H2,1-2H3. The molecule has 6 heteroatoms. The smallest absolute Gasteiger partial charge is 0.272 e. The zero-order valence-corrected chi connectivity index (χ0v) is 18.7. The number of imide groups is 1. The molecule has 0 aliphatic carbocycles. The number of carbonyl (C=O) groups excluding carboxylic acids is 2. The summed E-state index contributed by atoms with van der Waals surface area (Å²) >= 11 is 1.38. The van der Waals surface area contributed by atoms with Gasteiger partial charge >= 0.3 is 0 Å². The summed E-state index contributed by atoms with van der Waals surface area (Å²) in [6.45, 7) is 2.30. The molecule has 5 nitrogen and oxygen atoms in total. The Morgan fingerprint density at radius 1 is 0.844 bits per heavy atom. The van der Waals surface area contributed by atoms with Crippen LogP contribution < -0.4 is 14.4 Å². The van der Waals surface area contributed by atoms with Crippen molar-refractivity contribution in [3.63, 3.8) is 0 Å². The van der Waals surface area contributed by atoms with Crippen LogP contribution in [0.2, 0.25) is 0 Å². The number of anilines is 1. The van der Waals surface area contributed by atoms with E-state index >= 15 is 0 Å². The minimum Gasteiger partial charge on any atom is -0.497 e. The number of hydrogen-bond acceptors (Lipinski definition) is 5. The largest absolute Gasteiger partial charge is 0.497 e. The van der Waals surface area contributed by atoms with E-state index in [1.54, 1.807) is 49.6 Å². The van der Waals surface area contributed by atoms with Crippen LogP contribution in [0, 0.1) is 0 Å². The van der Waals surface area contributed by atoms with Crippen molar-refractivity contribution in [2.45, 2.75) is 12.7 Å². The van der Waals surface area contributed by atoms with Gasteiger partial charge in [0.15, 0.2) is 0 Å². The lowest BCUT2D eigenvalue weighted by molar-refractivity contribution is -0.119. The van der Waals surface area contributed by atoms with E-state index in [9.17, 15) is 9.59 Å². The van der Waals surface area contributed by atoms with Gasteiger partial charge in [-0.05, 0) is 42.3 Å². The van der Waals surface area contributed by atoms with Crippen molar-refractivity contribution in [1.29, 1.82) is 0 Å². The molecule has 0 bridgehead atoms. The minimum absolute atomic E-state index is 0.339. The molecule has 0 saturated carbocycles. The lowest BCUT2D eigenvalue weighted by Gasteiger charge is -2.19. The van der Waals surface area contributed by atoms with E-state index in [2.05, 4.69) is 0 Å². The van der Waals surface area contributed by atoms with Crippen LogP contribution in [0.4, 0.5) is 5.69 Å². The minimum atomic E-state index is -0.358. The molecule has 4 rings (SSSR count). The van der Waals surface area contributed by atoms with Gasteiger partial charge in [-0.1, -0.05) is 54.6 Å². The summed E-state index contributed by atoms with van der Waals surface area (Å²) in [7, 11) is 1.59. The van der Waals surface area contributed by atoms with Crippen molar-refractivity contribution in [1.82, 2.24) is 0 Å². The van der Waals surface area contributed by atoms with Gasteiger partial charge in [0.1, 0.15) is 11.5 Å². The van der Waals surface area contributed by atoms with Crippen LogP contribution in [0.1, 0.15) is 18.1 Å². The predicted octanol–water partition coefficient (Wildman–Crippen LogP) is 5.31. The Hall–Kier alpha value is -3.51. The number of ether oxygens (including phenoxy) is 2. The van der Waals surface area contributed by atoms with Crippen molar-refractivity contribution in [2.75, 3.05) is 18.6 Å². The monoisotopic (exact) mass is 445 g/mol. The fraction of sp³-hybridized carbons (Fsp3) is 0.154.